The number of aromatic hydroxyl groups is 1. The number of methoxy groups -OCH3 is 1. The third-order valence-corrected chi connectivity index (χ3v) is 4.84. The first kappa shape index (κ1) is 15.9. The maximum absolute atomic E-state index is 9.66. The second-order valence-corrected chi connectivity index (χ2v) is 7.06. The molecule has 1 aliphatic rings. The summed E-state index contributed by atoms with van der Waals surface area (Å²) in [5.41, 5.74) is 5.58. The smallest absolute Gasteiger partial charge is 0.119 e. The molecule has 0 spiro atoms. The van der Waals surface area contributed by atoms with Crippen molar-refractivity contribution in [1.29, 1.82) is 0 Å². The summed E-state index contributed by atoms with van der Waals surface area (Å²) < 4.78 is 5.42. The summed E-state index contributed by atoms with van der Waals surface area (Å²) >= 11 is 0. The predicted molar refractivity (Wildman–Crippen MR) is 94.4 cm³/mol. The van der Waals surface area contributed by atoms with Crippen molar-refractivity contribution in [2.45, 2.75) is 45.4 Å². The Morgan fingerprint density at radius 1 is 1.13 bits per heavy atom. The van der Waals surface area contributed by atoms with E-state index in [0.29, 0.717) is 17.6 Å². The molecule has 0 amide bonds. The van der Waals surface area contributed by atoms with Crippen LogP contribution < -0.4 is 4.74 Å². The lowest BCUT2D eigenvalue weighted by Gasteiger charge is -2.27. The lowest BCUT2D eigenvalue weighted by Crippen LogP contribution is -2.15. The molecule has 0 heterocycles. The van der Waals surface area contributed by atoms with Crippen LogP contribution >= 0.6 is 0 Å². The number of fused-ring (bicyclic) bond motifs is 1. The van der Waals surface area contributed by atoms with Crippen molar-refractivity contribution >= 4 is 0 Å². The first-order valence-corrected chi connectivity index (χ1v) is 8.54. The zero-order valence-corrected chi connectivity index (χ0v) is 14.3. The lowest BCUT2D eigenvalue weighted by atomic mass is 9.78. The fourth-order valence-electron chi connectivity index (χ4n) is 3.73. The molecule has 2 aromatic rings. The maximum atomic E-state index is 9.66. The molecule has 1 unspecified atom stereocenters. The van der Waals surface area contributed by atoms with E-state index in [1.54, 1.807) is 7.11 Å². The van der Waals surface area contributed by atoms with Crippen LogP contribution in [0.4, 0.5) is 0 Å². The van der Waals surface area contributed by atoms with E-state index in [0.717, 1.165) is 31.4 Å². The van der Waals surface area contributed by atoms with Gasteiger partial charge in [0, 0.05) is 0 Å². The molecule has 0 aliphatic heterocycles. The van der Waals surface area contributed by atoms with Crippen molar-refractivity contribution in [1.82, 2.24) is 0 Å². The van der Waals surface area contributed by atoms with E-state index < -0.39 is 0 Å². The van der Waals surface area contributed by atoms with Gasteiger partial charge in [-0.05, 0) is 84.0 Å². The van der Waals surface area contributed by atoms with Crippen LogP contribution in [0.3, 0.4) is 0 Å². The van der Waals surface area contributed by atoms with E-state index in [4.69, 9.17) is 4.74 Å². The minimum absolute atomic E-state index is 0.382. The lowest BCUT2D eigenvalue weighted by molar-refractivity contribution is 0.413. The van der Waals surface area contributed by atoms with Crippen LogP contribution in [0.2, 0.25) is 0 Å². The Hall–Kier alpha value is -1.96. The average Bonchev–Trinajstić information content (AvgIpc) is 2.53. The predicted octanol–water partition coefficient (Wildman–Crippen LogP) is 4.87. The molecule has 23 heavy (non-hydrogen) atoms. The molecule has 122 valence electrons. The fourth-order valence-corrected chi connectivity index (χ4v) is 3.73. The zero-order chi connectivity index (χ0) is 16.4. The van der Waals surface area contributed by atoms with E-state index in [9.17, 15) is 5.11 Å². The minimum Gasteiger partial charge on any atom is -0.508 e. The normalized spacial score (nSPS) is 17.1. The topological polar surface area (TPSA) is 29.5 Å². The maximum Gasteiger partial charge on any atom is 0.119 e. The third-order valence-electron chi connectivity index (χ3n) is 4.84. The van der Waals surface area contributed by atoms with Crippen LogP contribution in [0.1, 0.15) is 48.4 Å². The summed E-state index contributed by atoms with van der Waals surface area (Å²) in [7, 11) is 1.73. The molecule has 2 heteroatoms. The van der Waals surface area contributed by atoms with Gasteiger partial charge < -0.3 is 9.84 Å². The monoisotopic (exact) mass is 310 g/mol. The van der Waals surface area contributed by atoms with Gasteiger partial charge in [-0.25, -0.2) is 0 Å². The van der Waals surface area contributed by atoms with E-state index in [1.165, 1.54) is 22.3 Å². The van der Waals surface area contributed by atoms with Crippen molar-refractivity contribution in [3.63, 3.8) is 0 Å². The van der Waals surface area contributed by atoms with Gasteiger partial charge in [0.1, 0.15) is 11.5 Å². The summed E-state index contributed by atoms with van der Waals surface area (Å²) in [6, 6.07) is 12.4. The van der Waals surface area contributed by atoms with E-state index in [2.05, 4.69) is 38.1 Å². The molecule has 2 nitrogen and oxygen atoms in total. The number of aryl methyl sites for hydroxylation is 1. The van der Waals surface area contributed by atoms with E-state index in [-0.39, 0.29) is 0 Å². The molecule has 0 radical (unpaired) electrons. The number of benzene rings is 2. The van der Waals surface area contributed by atoms with Gasteiger partial charge in [0.05, 0.1) is 7.11 Å². The average molecular weight is 310 g/mol. The van der Waals surface area contributed by atoms with Gasteiger partial charge >= 0.3 is 0 Å². The van der Waals surface area contributed by atoms with Gasteiger partial charge in [0.25, 0.3) is 0 Å². The van der Waals surface area contributed by atoms with Crippen LogP contribution in [0.5, 0.6) is 11.5 Å². The Balaban J connectivity index is 1.91. The van der Waals surface area contributed by atoms with E-state index >= 15 is 0 Å². The first-order chi connectivity index (χ1) is 11.1. The van der Waals surface area contributed by atoms with Crippen LogP contribution in [-0.2, 0) is 19.3 Å². The summed E-state index contributed by atoms with van der Waals surface area (Å²) in [6.45, 7) is 4.53. The molecule has 0 bridgehead atoms. The van der Waals surface area contributed by atoms with Gasteiger partial charge in [-0.2, -0.15) is 0 Å². The molecule has 0 aromatic heterocycles. The van der Waals surface area contributed by atoms with Gasteiger partial charge in [-0.3, -0.25) is 0 Å². The Labute approximate surface area is 139 Å². The van der Waals surface area contributed by atoms with Crippen molar-refractivity contribution in [2.24, 2.45) is 5.92 Å². The quantitative estimate of drug-likeness (QED) is 0.873. The second kappa shape index (κ2) is 6.66. The molecular formula is C21H26O2. The fraction of sp³-hybridized carbons (Fsp3) is 0.429. The highest BCUT2D eigenvalue weighted by Gasteiger charge is 2.23. The molecule has 3 rings (SSSR count). The summed E-state index contributed by atoms with van der Waals surface area (Å²) in [6.07, 6.45) is 4.34. The van der Waals surface area contributed by atoms with Gasteiger partial charge in [0.15, 0.2) is 0 Å². The van der Waals surface area contributed by atoms with Crippen LogP contribution in [-0.4, -0.2) is 12.2 Å². The number of phenols is 1. The second-order valence-electron chi connectivity index (χ2n) is 7.06. The van der Waals surface area contributed by atoms with Gasteiger partial charge in [0.2, 0.25) is 0 Å². The molecule has 1 aliphatic carbocycles. The standard InChI is InChI=1S/C21H26O2/c1-14(2)10-18-13-20(23-3)8-9-21(18)17-5-4-16-12-19(22)7-6-15(16)11-17/h6-9,12-14,17,22H,4-5,10-11H2,1-3H3. The Morgan fingerprint density at radius 2 is 1.96 bits per heavy atom. The highest BCUT2D eigenvalue weighted by atomic mass is 16.5. The summed E-state index contributed by atoms with van der Waals surface area (Å²) in [4.78, 5) is 0. The van der Waals surface area contributed by atoms with Crippen molar-refractivity contribution in [2.75, 3.05) is 7.11 Å². The van der Waals surface area contributed by atoms with Gasteiger partial charge in [-0.1, -0.05) is 26.0 Å². The third kappa shape index (κ3) is 3.52. The molecular weight excluding hydrogens is 284 g/mol. The highest BCUT2D eigenvalue weighted by molar-refractivity contribution is 5.43. The number of hydrogen-bond donors (Lipinski definition) is 1. The van der Waals surface area contributed by atoms with Crippen LogP contribution in [0, 0.1) is 5.92 Å². The zero-order valence-electron chi connectivity index (χ0n) is 14.3. The molecule has 0 fully saturated rings. The summed E-state index contributed by atoms with van der Waals surface area (Å²) in [5.74, 6) is 2.53. The Morgan fingerprint density at radius 3 is 2.70 bits per heavy atom. The number of phenolic OH excluding ortho intramolecular Hbond substituents is 1. The number of hydrogen-bond acceptors (Lipinski definition) is 2. The Bertz CT molecular complexity index is 688. The van der Waals surface area contributed by atoms with Crippen molar-refractivity contribution < 1.29 is 9.84 Å². The van der Waals surface area contributed by atoms with Crippen LogP contribution in [0.25, 0.3) is 0 Å². The minimum atomic E-state index is 0.382. The highest BCUT2D eigenvalue weighted by Crippen LogP contribution is 2.37. The molecule has 2 aromatic carbocycles. The van der Waals surface area contributed by atoms with Crippen molar-refractivity contribution in [3.05, 3.63) is 58.7 Å². The van der Waals surface area contributed by atoms with Gasteiger partial charge in [-0.15, -0.1) is 0 Å². The molecule has 1 N–H and O–H groups in total. The van der Waals surface area contributed by atoms with Crippen molar-refractivity contribution in [3.8, 4) is 11.5 Å². The summed E-state index contributed by atoms with van der Waals surface area (Å²) in [5, 5.41) is 9.66. The van der Waals surface area contributed by atoms with E-state index in [1.807, 2.05) is 12.1 Å². The largest absolute Gasteiger partial charge is 0.508 e. The Kier molecular flexibility index (Phi) is 4.61. The first-order valence-electron chi connectivity index (χ1n) is 8.54. The van der Waals surface area contributed by atoms with Crippen LogP contribution in [0.15, 0.2) is 36.4 Å². The molecule has 1 atom stereocenters. The number of rotatable bonds is 4. The molecule has 0 saturated heterocycles. The number of ether oxygens (including phenoxy) is 1. The molecule has 0 saturated carbocycles. The SMILES string of the molecule is COc1ccc(C2CCc3cc(O)ccc3C2)c(CC(C)C)c1.